The molecular weight excluding hydrogens is 366 g/mol. The maximum Gasteiger partial charge on any atom is 0.336 e. The van der Waals surface area contributed by atoms with Crippen molar-refractivity contribution in [2.75, 3.05) is 4.90 Å². The number of aromatic carboxylic acids is 1. The number of para-hydroxylation sites is 1. The van der Waals surface area contributed by atoms with Crippen LogP contribution in [0.25, 0.3) is 11.1 Å². The Morgan fingerprint density at radius 3 is 2.46 bits per heavy atom. The number of nitrogens with zero attached hydrogens (tertiary/aromatic N) is 1. The largest absolute Gasteiger partial charge is 0.478 e. The lowest BCUT2D eigenvalue weighted by Gasteiger charge is -2.26. The van der Waals surface area contributed by atoms with Gasteiger partial charge in [-0.15, -0.1) is 0 Å². The molecule has 142 valence electrons. The summed E-state index contributed by atoms with van der Waals surface area (Å²) in [7, 11) is 0. The van der Waals surface area contributed by atoms with E-state index in [0.29, 0.717) is 10.9 Å². The van der Waals surface area contributed by atoms with Crippen molar-refractivity contribution in [1.82, 2.24) is 0 Å². The van der Waals surface area contributed by atoms with E-state index in [0.717, 1.165) is 30.5 Å². The van der Waals surface area contributed by atoms with Gasteiger partial charge < -0.3 is 10.0 Å². The smallest absolute Gasteiger partial charge is 0.336 e. The fraction of sp³-hybridized carbons (Fsp3) is 0.208. The van der Waals surface area contributed by atoms with Gasteiger partial charge in [-0.2, -0.15) is 0 Å². The highest BCUT2D eigenvalue weighted by Gasteiger charge is 2.29. The van der Waals surface area contributed by atoms with Crippen LogP contribution < -0.4 is 4.90 Å². The summed E-state index contributed by atoms with van der Waals surface area (Å²) in [5.74, 6) is -0.896. The predicted octanol–water partition coefficient (Wildman–Crippen LogP) is 6.29. The Morgan fingerprint density at radius 1 is 1.00 bits per heavy atom. The van der Waals surface area contributed by atoms with Crippen molar-refractivity contribution >= 4 is 23.4 Å². The number of benzene rings is 3. The second-order valence-corrected chi connectivity index (χ2v) is 8.22. The van der Waals surface area contributed by atoms with E-state index in [1.807, 2.05) is 36.0 Å². The molecule has 4 rings (SSSR count). The lowest BCUT2D eigenvalue weighted by Crippen LogP contribution is -2.28. The number of hydrogen-bond acceptors (Lipinski definition) is 3. The molecule has 1 aliphatic heterocycles. The van der Waals surface area contributed by atoms with Crippen molar-refractivity contribution in [1.29, 1.82) is 0 Å². The summed E-state index contributed by atoms with van der Waals surface area (Å²) in [5, 5.41) is 9.90. The average molecular weight is 390 g/mol. The summed E-state index contributed by atoms with van der Waals surface area (Å²) >= 11 is 1.95. The molecule has 0 aromatic heterocycles. The molecule has 3 aromatic rings. The number of anilines is 1. The Labute approximate surface area is 170 Å². The Balaban J connectivity index is 1.59. The van der Waals surface area contributed by atoms with E-state index in [9.17, 15) is 9.90 Å². The molecule has 4 heteroatoms. The summed E-state index contributed by atoms with van der Waals surface area (Å²) in [6.07, 6.45) is 2.32. The van der Waals surface area contributed by atoms with Crippen LogP contribution in [0, 0.1) is 0 Å². The normalized spacial score (nSPS) is 15.5. The summed E-state index contributed by atoms with van der Waals surface area (Å²) in [6, 6.07) is 24.1. The highest BCUT2D eigenvalue weighted by Crippen LogP contribution is 2.45. The van der Waals surface area contributed by atoms with Gasteiger partial charge in [0.2, 0.25) is 0 Å². The summed E-state index contributed by atoms with van der Waals surface area (Å²) in [4.78, 5) is 15.3. The number of carbonyl (C=O) groups is 1. The number of carboxylic acids is 1. The minimum atomic E-state index is -0.896. The molecule has 28 heavy (non-hydrogen) atoms. The molecule has 3 aromatic carbocycles. The van der Waals surface area contributed by atoms with Crippen molar-refractivity contribution in [3.05, 3.63) is 83.9 Å². The molecule has 1 unspecified atom stereocenters. The van der Waals surface area contributed by atoms with Crippen LogP contribution in [0.15, 0.2) is 77.7 Å². The number of fused-ring (bicyclic) bond motifs is 1. The van der Waals surface area contributed by atoms with Gasteiger partial charge in [0.1, 0.15) is 0 Å². The fourth-order valence-electron chi connectivity index (χ4n) is 3.72. The van der Waals surface area contributed by atoms with E-state index in [-0.39, 0.29) is 0 Å². The minimum absolute atomic E-state index is 0.336. The van der Waals surface area contributed by atoms with Crippen LogP contribution in [0.5, 0.6) is 0 Å². The Morgan fingerprint density at radius 2 is 1.71 bits per heavy atom. The first-order valence-electron chi connectivity index (χ1n) is 9.61. The molecule has 0 radical (unpaired) electrons. The molecule has 0 amide bonds. The van der Waals surface area contributed by atoms with Crippen LogP contribution >= 0.6 is 11.8 Å². The van der Waals surface area contributed by atoms with Crippen molar-refractivity contribution in [2.45, 2.75) is 36.6 Å². The molecule has 0 saturated carbocycles. The zero-order valence-electron chi connectivity index (χ0n) is 15.8. The zero-order valence-corrected chi connectivity index (χ0v) is 16.7. The third kappa shape index (κ3) is 3.65. The second-order valence-electron chi connectivity index (χ2n) is 7.00. The monoisotopic (exact) mass is 389 g/mol. The van der Waals surface area contributed by atoms with E-state index < -0.39 is 5.97 Å². The van der Waals surface area contributed by atoms with Gasteiger partial charge in [-0.1, -0.05) is 79.7 Å². The van der Waals surface area contributed by atoms with Gasteiger partial charge >= 0.3 is 5.97 Å². The maximum absolute atomic E-state index is 11.5. The lowest BCUT2D eigenvalue weighted by atomic mass is 9.98. The number of thioether (sulfide) groups is 1. The molecule has 0 fully saturated rings. The first kappa shape index (κ1) is 18.6. The second kappa shape index (κ2) is 8.11. The molecular formula is C24H23NO2S. The number of carboxylic acid groups (broad SMARTS) is 1. The minimum Gasteiger partial charge on any atom is -0.478 e. The highest BCUT2D eigenvalue weighted by atomic mass is 32.2. The van der Waals surface area contributed by atoms with Gasteiger partial charge in [0.15, 0.2) is 0 Å². The van der Waals surface area contributed by atoms with Crippen LogP contribution in [0.4, 0.5) is 5.69 Å². The van der Waals surface area contributed by atoms with Gasteiger partial charge in [0.05, 0.1) is 16.6 Å². The highest BCUT2D eigenvalue weighted by molar-refractivity contribution is 8.00. The Kier molecular flexibility index (Phi) is 5.40. The number of hydrogen-bond donors (Lipinski definition) is 1. The van der Waals surface area contributed by atoms with Crippen LogP contribution in [0.1, 0.15) is 35.7 Å². The first-order chi connectivity index (χ1) is 13.7. The Hall–Kier alpha value is -2.72. The van der Waals surface area contributed by atoms with Gasteiger partial charge in [0, 0.05) is 11.4 Å². The lowest BCUT2D eigenvalue weighted by molar-refractivity contribution is 0.0697. The van der Waals surface area contributed by atoms with E-state index in [2.05, 4.69) is 48.2 Å². The van der Waals surface area contributed by atoms with Gasteiger partial charge in [-0.25, -0.2) is 4.79 Å². The summed E-state index contributed by atoms with van der Waals surface area (Å²) in [6.45, 7) is 3.09. The predicted molar refractivity (Wildman–Crippen MR) is 116 cm³/mol. The maximum atomic E-state index is 11.5. The van der Waals surface area contributed by atoms with Crippen LogP contribution in [0.3, 0.4) is 0 Å². The molecule has 1 heterocycles. The topological polar surface area (TPSA) is 40.5 Å². The first-order valence-corrected chi connectivity index (χ1v) is 10.5. The van der Waals surface area contributed by atoms with Crippen LogP contribution in [-0.4, -0.2) is 16.4 Å². The number of rotatable bonds is 6. The average Bonchev–Trinajstić information content (AvgIpc) is 3.06. The van der Waals surface area contributed by atoms with E-state index >= 15 is 0 Å². The van der Waals surface area contributed by atoms with Gasteiger partial charge in [-0.3, -0.25) is 0 Å². The zero-order chi connectivity index (χ0) is 19.5. The van der Waals surface area contributed by atoms with E-state index in [4.69, 9.17) is 0 Å². The SMILES string of the molecule is CCCC1Sc2ccccc2N1Cc1ccc(-c2ccccc2C(=O)O)cc1. The third-order valence-corrected chi connectivity index (χ3v) is 6.46. The quantitative estimate of drug-likeness (QED) is 0.538. The van der Waals surface area contributed by atoms with Crippen molar-refractivity contribution in [3.8, 4) is 11.1 Å². The molecule has 1 atom stereocenters. The molecule has 1 aliphatic rings. The van der Waals surface area contributed by atoms with Crippen LogP contribution in [0.2, 0.25) is 0 Å². The van der Waals surface area contributed by atoms with Crippen LogP contribution in [-0.2, 0) is 6.54 Å². The van der Waals surface area contributed by atoms with Gasteiger partial charge in [-0.05, 0) is 41.3 Å². The molecule has 3 nitrogen and oxygen atoms in total. The molecule has 0 bridgehead atoms. The van der Waals surface area contributed by atoms with Crippen molar-refractivity contribution in [2.24, 2.45) is 0 Å². The fourth-order valence-corrected chi connectivity index (χ4v) is 5.14. The molecule has 1 N–H and O–H groups in total. The van der Waals surface area contributed by atoms with Crippen molar-refractivity contribution < 1.29 is 9.90 Å². The van der Waals surface area contributed by atoms with E-state index in [1.54, 1.807) is 12.1 Å². The molecule has 0 aliphatic carbocycles. The van der Waals surface area contributed by atoms with E-state index in [1.165, 1.54) is 16.1 Å². The third-order valence-electron chi connectivity index (χ3n) is 5.10. The summed E-state index contributed by atoms with van der Waals surface area (Å²) < 4.78 is 0. The Bertz CT molecular complexity index is 984. The molecule has 0 spiro atoms. The summed E-state index contributed by atoms with van der Waals surface area (Å²) in [5.41, 5.74) is 4.57. The molecule has 0 saturated heterocycles. The van der Waals surface area contributed by atoms with Crippen molar-refractivity contribution in [3.63, 3.8) is 0 Å². The van der Waals surface area contributed by atoms with Gasteiger partial charge in [0.25, 0.3) is 0 Å². The standard InChI is InChI=1S/C24H23NO2S/c1-2-7-23-25(21-10-5-6-11-22(21)28-23)16-17-12-14-18(15-13-17)19-8-3-4-9-20(19)24(26)27/h3-6,8-15,23H,2,7,16H2,1H3,(H,26,27).